The third-order valence-electron chi connectivity index (χ3n) is 4.55. The Morgan fingerprint density at radius 1 is 1.31 bits per heavy atom. The second-order valence-corrected chi connectivity index (χ2v) is 6.54. The summed E-state index contributed by atoms with van der Waals surface area (Å²) in [5.74, 6) is 1.29. The van der Waals surface area contributed by atoms with E-state index in [0.717, 1.165) is 29.9 Å². The highest BCUT2D eigenvalue weighted by Crippen LogP contribution is 2.32. The number of carbonyl (C=O) groups is 1. The van der Waals surface area contributed by atoms with Crippen molar-refractivity contribution in [1.29, 1.82) is 0 Å². The molecule has 3 aromatic rings. The van der Waals surface area contributed by atoms with Gasteiger partial charge in [-0.25, -0.2) is 4.79 Å². The lowest BCUT2D eigenvalue weighted by molar-refractivity contribution is 0.195. The Hall–Kier alpha value is -3.09. The molecule has 0 radical (unpaired) electrons. The fourth-order valence-electron chi connectivity index (χ4n) is 3.31. The van der Waals surface area contributed by atoms with E-state index in [1.54, 1.807) is 4.90 Å². The molecule has 7 nitrogen and oxygen atoms in total. The normalized spacial score (nSPS) is 16.8. The van der Waals surface area contributed by atoms with Gasteiger partial charge in [0.1, 0.15) is 0 Å². The van der Waals surface area contributed by atoms with E-state index in [9.17, 15) is 4.79 Å². The summed E-state index contributed by atoms with van der Waals surface area (Å²) in [6, 6.07) is 13.6. The topological polar surface area (TPSA) is 76.2 Å². The molecule has 7 heteroatoms. The Kier molecular flexibility index (Phi) is 4.43. The van der Waals surface area contributed by atoms with Crippen molar-refractivity contribution < 1.29 is 9.32 Å². The van der Waals surface area contributed by atoms with E-state index >= 15 is 0 Å². The van der Waals surface area contributed by atoms with E-state index < -0.39 is 0 Å². The molecule has 0 spiro atoms. The van der Waals surface area contributed by atoms with Gasteiger partial charge in [-0.05, 0) is 25.3 Å². The number of aromatic nitrogens is 3. The third-order valence-corrected chi connectivity index (χ3v) is 4.55. The predicted molar refractivity (Wildman–Crippen MR) is 96.7 cm³/mol. The molecule has 2 aromatic heterocycles. The van der Waals surface area contributed by atoms with Crippen molar-refractivity contribution in [2.24, 2.45) is 0 Å². The summed E-state index contributed by atoms with van der Waals surface area (Å²) in [5.41, 5.74) is 1.99. The van der Waals surface area contributed by atoms with Gasteiger partial charge in [0, 0.05) is 24.9 Å². The first kappa shape index (κ1) is 16.4. The van der Waals surface area contributed by atoms with Crippen LogP contribution in [0.3, 0.4) is 0 Å². The minimum absolute atomic E-state index is 0.0670. The smallest absolute Gasteiger partial charge is 0.323 e. The standard InChI is InChI=1S/C19H21N5O2/c1-14-12-17(26-22-14)16-8-5-10-24(16)19(25)20-18-9-11-23(21-18)13-15-6-3-2-4-7-15/h2-4,6-7,9,11-12,16H,5,8,10,13H2,1H3,(H,20,21,25). The van der Waals surface area contributed by atoms with Crippen LogP contribution in [0.25, 0.3) is 0 Å². The fourth-order valence-corrected chi connectivity index (χ4v) is 3.31. The number of urea groups is 1. The molecule has 1 fully saturated rings. The minimum Gasteiger partial charge on any atom is -0.359 e. The highest BCUT2D eigenvalue weighted by Gasteiger charge is 2.32. The summed E-state index contributed by atoms with van der Waals surface area (Å²) in [7, 11) is 0. The second-order valence-electron chi connectivity index (χ2n) is 6.54. The molecule has 1 unspecified atom stereocenters. The number of benzene rings is 1. The van der Waals surface area contributed by atoms with Crippen LogP contribution >= 0.6 is 0 Å². The predicted octanol–water partition coefficient (Wildman–Crippen LogP) is 3.60. The number of hydrogen-bond donors (Lipinski definition) is 1. The first-order valence-corrected chi connectivity index (χ1v) is 8.77. The first-order valence-electron chi connectivity index (χ1n) is 8.77. The molecule has 1 saturated heterocycles. The summed E-state index contributed by atoms with van der Waals surface area (Å²) in [6.07, 6.45) is 3.69. The highest BCUT2D eigenvalue weighted by molar-refractivity contribution is 5.88. The van der Waals surface area contributed by atoms with Gasteiger partial charge in [-0.15, -0.1) is 0 Å². The van der Waals surface area contributed by atoms with Crippen LogP contribution in [0.15, 0.2) is 53.2 Å². The Balaban J connectivity index is 1.41. The fraction of sp³-hybridized carbons (Fsp3) is 0.316. The molecule has 134 valence electrons. The Morgan fingerprint density at radius 3 is 2.92 bits per heavy atom. The van der Waals surface area contributed by atoms with Gasteiger partial charge in [-0.1, -0.05) is 35.5 Å². The maximum atomic E-state index is 12.7. The van der Waals surface area contributed by atoms with Crippen LogP contribution < -0.4 is 5.32 Å². The molecule has 26 heavy (non-hydrogen) atoms. The van der Waals surface area contributed by atoms with E-state index in [2.05, 4.69) is 15.6 Å². The molecule has 4 rings (SSSR count). The van der Waals surface area contributed by atoms with Crippen LogP contribution in [0.4, 0.5) is 10.6 Å². The summed E-state index contributed by atoms with van der Waals surface area (Å²) >= 11 is 0. The molecule has 0 aliphatic carbocycles. The summed E-state index contributed by atoms with van der Waals surface area (Å²) < 4.78 is 7.17. The second kappa shape index (κ2) is 7.03. The zero-order chi connectivity index (χ0) is 17.9. The third kappa shape index (κ3) is 3.46. The van der Waals surface area contributed by atoms with Crippen molar-refractivity contribution >= 4 is 11.8 Å². The molecular weight excluding hydrogens is 330 g/mol. The monoisotopic (exact) mass is 351 g/mol. The number of aryl methyl sites for hydroxylation is 1. The number of anilines is 1. The van der Waals surface area contributed by atoms with Gasteiger partial charge < -0.3 is 9.42 Å². The quantitative estimate of drug-likeness (QED) is 0.779. The van der Waals surface area contributed by atoms with Crippen molar-refractivity contribution in [3.05, 3.63) is 65.7 Å². The van der Waals surface area contributed by atoms with Crippen molar-refractivity contribution in [2.45, 2.75) is 32.4 Å². The van der Waals surface area contributed by atoms with Crippen LogP contribution in [-0.4, -0.2) is 32.4 Å². The van der Waals surface area contributed by atoms with Gasteiger partial charge in [0.25, 0.3) is 0 Å². The maximum absolute atomic E-state index is 12.7. The SMILES string of the molecule is Cc1cc(C2CCCN2C(=O)Nc2ccn(Cc3ccccc3)n2)on1. The Labute approximate surface area is 151 Å². The first-order chi connectivity index (χ1) is 12.7. The van der Waals surface area contributed by atoms with Crippen molar-refractivity contribution in [3.63, 3.8) is 0 Å². The number of nitrogens with zero attached hydrogens (tertiary/aromatic N) is 4. The molecule has 3 heterocycles. The van der Waals surface area contributed by atoms with Gasteiger partial charge in [0.05, 0.1) is 18.3 Å². The minimum atomic E-state index is -0.161. The Bertz CT molecular complexity index is 886. The number of likely N-dealkylation sites (tertiary alicyclic amines) is 1. The lowest BCUT2D eigenvalue weighted by atomic mass is 10.1. The van der Waals surface area contributed by atoms with E-state index in [1.807, 2.05) is 60.3 Å². The van der Waals surface area contributed by atoms with Crippen LogP contribution in [-0.2, 0) is 6.54 Å². The van der Waals surface area contributed by atoms with Crippen molar-refractivity contribution in [3.8, 4) is 0 Å². The van der Waals surface area contributed by atoms with E-state index in [1.165, 1.54) is 0 Å². The average Bonchev–Trinajstić information content (AvgIpc) is 3.36. The van der Waals surface area contributed by atoms with Crippen LogP contribution in [0.2, 0.25) is 0 Å². The summed E-state index contributed by atoms with van der Waals surface area (Å²) in [6.45, 7) is 3.24. The summed E-state index contributed by atoms with van der Waals surface area (Å²) in [4.78, 5) is 14.5. The Morgan fingerprint density at radius 2 is 2.15 bits per heavy atom. The van der Waals surface area contributed by atoms with Crippen LogP contribution in [0, 0.1) is 6.92 Å². The van der Waals surface area contributed by atoms with Gasteiger partial charge in [-0.3, -0.25) is 10.00 Å². The van der Waals surface area contributed by atoms with Crippen molar-refractivity contribution in [2.75, 3.05) is 11.9 Å². The molecule has 1 aliphatic heterocycles. The molecule has 2 amide bonds. The lowest BCUT2D eigenvalue weighted by Crippen LogP contribution is -2.34. The summed E-state index contributed by atoms with van der Waals surface area (Å²) in [5, 5.41) is 11.3. The van der Waals surface area contributed by atoms with Crippen LogP contribution in [0.5, 0.6) is 0 Å². The number of rotatable bonds is 4. The van der Waals surface area contributed by atoms with Gasteiger partial charge >= 0.3 is 6.03 Å². The van der Waals surface area contributed by atoms with Crippen molar-refractivity contribution in [1.82, 2.24) is 19.8 Å². The molecule has 0 saturated carbocycles. The zero-order valence-electron chi connectivity index (χ0n) is 14.6. The molecule has 1 atom stereocenters. The molecule has 1 N–H and O–H groups in total. The van der Waals surface area contributed by atoms with E-state index in [-0.39, 0.29) is 12.1 Å². The van der Waals surface area contributed by atoms with Gasteiger partial charge in [-0.2, -0.15) is 5.10 Å². The largest absolute Gasteiger partial charge is 0.359 e. The maximum Gasteiger partial charge on any atom is 0.323 e. The van der Waals surface area contributed by atoms with Crippen LogP contribution in [0.1, 0.15) is 35.9 Å². The zero-order valence-corrected chi connectivity index (χ0v) is 14.6. The number of hydrogen-bond acceptors (Lipinski definition) is 4. The van der Waals surface area contributed by atoms with E-state index in [0.29, 0.717) is 18.9 Å². The highest BCUT2D eigenvalue weighted by atomic mass is 16.5. The van der Waals surface area contributed by atoms with Gasteiger partial charge in [0.2, 0.25) is 0 Å². The molecule has 0 bridgehead atoms. The number of carbonyl (C=O) groups excluding carboxylic acids is 1. The average molecular weight is 351 g/mol. The van der Waals surface area contributed by atoms with Gasteiger partial charge in [0.15, 0.2) is 11.6 Å². The molecule has 1 aromatic carbocycles. The number of nitrogens with one attached hydrogen (secondary N) is 1. The molecule has 1 aliphatic rings. The van der Waals surface area contributed by atoms with E-state index in [4.69, 9.17) is 4.52 Å². The molecular formula is C19H21N5O2. The lowest BCUT2D eigenvalue weighted by Gasteiger charge is -2.22. The number of amides is 2.